The molecule has 1 aromatic carbocycles. The van der Waals surface area contributed by atoms with Gasteiger partial charge in [-0.3, -0.25) is 4.79 Å². The van der Waals surface area contributed by atoms with E-state index in [4.69, 9.17) is 5.11 Å². The number of nitrogens with one attached hydrogen (secondary N) is 1. The third kappa shape index (κ3) is 3.96. The maximum atomic E-state index is 13.2. The van der Waals surface area contributed by atoms with Crippen molar-refractivity contribution in [1.82, 2.24) is 5.32 Å². The first kappa shape index (κ1) is 15.3. The highest BCUT2D eigenvalue weighted by atomic mass is 32.2. The Morgan fingerprint density at radius 1 is 1.60 bits per heavy atom. The summed E-state index contributed by atoms with van der Waals surface area (Å²) in [6, 6.07) is 6.48. The Labute approximate surface area is 123 Å². The summed E-state index contributed by atoms with van der Waals surface area (Å²) < 4.78 is 13.2. The van der Waals surface area contributed by atoms with Gasteiger partial charge in [0.05, 0.1) is 0 Å². The van der Waals surface area contributed by atoms with Crippen LogP contribution in [0.25, 0.3) is 0 Å². The van der Waals surface area contributed by atoms with E-state index in [1.165, 1.54) is 12.1 Å². The molecule has 0 spiro atoms. The van der Waals surface area contributed by atoms with E-state index in [1.54, 1.807) is 17.8 Å². The molecule has 0 bridgehead atoms. The van der Waals surface area contributed by atoms with Crippen molar-refractivity contribution in [3.05, 3.63) is 35.6 Å². The van der Waals surface area contributed by atoms with Gasteiger partial charge in [0.2, 0.25) is 5.91 Å². The molecule has 2 N–H and O–H groups in total. The molecule has 1 amide bonds. The van der Waals surface area contributed by atoms with E-state index in [9.17, 15) is 9.18 Å². The summed E-state index contributed by atoms with van der Waals surface area (Å²) in [7, 11) is 0. The topological polar surface area (TPSA) is 49.3 Å². The molecule has 1 aromatic rings. The van der Waals surface area contributed by atoms with Gasteiger partial charge in [0, 0.05) is 24.3 Å². The minimum absolute atomic E-state index is 0.0104. The van der Waals surface area contributed by atoms with Crippen LogP contribution in [0.1, 0.15) is 24.3 Å². The molecule has 0 saturated heterocycles. The van der Waals surface area contributed by atoms with E-state index in [1.807, 2.05) is 12.3 Å². The quantitative estimate of drug-likeness (QED) is 0.811. The standard InChI is InChI=1S/C15H20FNO2S/c1-20-9-12(5-6-18)17-15(19)14-8-13(14)10-3-2-4-11(16)7-10/h2-4,7,12-14,18H,5-6,8-9H2,1H3,(H,17,19). The number of thioether (sulfide) groups is 1. The molecular formula is C15H20FNO2S. The number of hydrogen-bond acceptors (Lipinski definition) is 3. The fourth-order valence-corrected chi connectivity index (χ4v) is 3.11. The number of aliphatic hydroxyl groups is 1. The van der Waals surface area contributed by atoms with Crippen LogP contribution in [0.2, 0.25) is 0 Å². The predicted octanol–water partition coefficient (Wildman–Crippen LogP) is 2.16. The van der Waals surface area contributed by atoms with E-state index in [0.29, 0.717) is 6.42 Å². The normalized spacial score (nSPS) is 22.4. The van der Waals surface area contributed by atoms with Gasteiger partial charge >= 0.3 is 0 Å². The van der Waals surface area contributed by atoms with Crippen LogP contribution < -0.4 is 5.32 Å². The number of carbonyl (C=O) groups excluding carboxylic acids is 1. The summed E-state index contributed by atoms with van der Waals surface area (Å²) in [6.45, 7) is 0.0729. The van der Waals surface area contributed by atoms with E-state index in [0.717, 1.165) is 17.7 Å². The highest BCUT2D eigenvalue weighted by molar-refractivity contribution is 7.98. The first-order valence-electron chi connectivity index (χ1n) is 6.81. The molecule has 20 heavy (non-hydrogen) atoms. The molecule has 3 nitrogen and oxygen atoms in total. The molecular weight excluding hydrogens is 277 g/mol. The molecule has 0 aromatic heterocycles. The Balaban J connectivity index is 1.89. The molecule has 0 radical (unpaired) electrons. The molecule has 1 aliphatic carbocycles. The largest absolute Gasteiger partial charge is 0.396 e. The van der Waals surface area contributed by atoms with Crippen LogP contribution in [0.5, 0.6) is 0 Å². The number of aliphatic hydroxyl groups excluding tert-OH is 1. The van der Waals surface area contributed by atoms with Crippen LogP contribution in [0.4, 0.5) is 4.39 Å². The van der Waals surface area contributed by atoms with Gasteiger partial charge in [-0.05, 0) is 42.7 Å². The summed E-state index contributed by atoms with van der Waals surface area (Å²) in [5.74, 6) is 0.638. The molecule has 3 unspecified atom stereocenters. The van der Waals surface area contributed by atoms with E-state index in [-0.39, 0.29) is 36.2 Å². The van der Waals surface area contributed by atoms with Crippen LogP contribution in [-0.4, -0.2) is 35.7 Å². The first-order chi connectivity index (χ1) is 9.65. The maximum absolute atomic E-state index is 13.2. The highest BCUT2D eigenvalue weighted by Crippen LogP contribution is 2.47. The Kier molecular flexibility index (Phi) is 5.43. The second-order valence-corrected chi connectivity index (χ2v) is 6.09. The van der Waals surface area contributed by atoms with Gasteiger partial charge < -0.3 is 10.4 Å². The third-order valence-corrected chi connectivity index (χ3v) is 4.33. The van der Waals surface area contributed by atoms with Crippen molar-refractivity contribution in [2.24, 2.45) is 5.92 Å². The molecule has 5 heteroatoms. The minimum Gasteiger partial charge on any atom is -0.396 e. The SMILES string of the molecule is CSCC(CCO)NC(=O)C1CC1c1cccc(F)c1. The number of benzene rings is 1. The summed E-state index contributed by atoms with van der Waals surface area (Å²) in [6.07, 6.45) is 3.33. The van der Waals surface area contributed by atoms with Crippen LogP contribution in [0, 0.1) is 11.7 Å². The van der Waals surface area contributed by atoms with Crippen molar-refractivity contribution in [3.63, 3.8) is 0 Å². The molecule has 1 fully saturated rings. The monoisotopic (exact) mass is 297 g/mol. The van der Waals surface area contributed by atoms with Crippen molar-refractivity contribution >= 4 is 17.7 Å². The zero-order valence-electron chi connectivity index (χ0n) is 11.5. The van der Waals surface area contributed by atoms with Crippen LogP contribution in [0.15, 0.2) is 24.3 Å². The Morgan fingerprint density at radius 2 is 2.40 bits per heavy atom. The average molecular weight is 297 g/mol. The second kappa shape index (κ2) is 7.09. The van der Waals surface area contributed by atoms with Gasteiger partial charge in [0.15, 0.2) is 0 Å². The second-order valence-electron chi connectivity index (χ2n) is 5.18. The van der Waals surface area contributed by atoms with Crippen molar-refractivity contribution in [2.75, 3.05) is 18.6 Å². The van der Waals surface area contributed by atoms with E-state index in [2.05, 4.69) is 5.32 Å². The summed E-state index contributed by atoms with van der Waals surface area (Å²) in [5.41, 5.74) is 0.897. The van der Waals surface area contributed by atoms with Crippen molar-refractivity contribution < 1.29 is 14.3 Å². The Morgan fingerprint density at radius 3 is 3.05 bits per heavy atom. The molecule has 1 aliphatic rings. The molecule has 1 saturated carbocycles. The Bertz CT molecular complexity index is 463. The average Bonchev–Trinajstić information content (AvgIpc) is 3.19. The van der Waals surface area contributed by atoms with Gasteiger partial charge in [0.25, 0.3) is 0 Å². The number of amides is 1. The van der Waals surface area contributed by atoms with Gasteiger partial charge in [-0.1, -0.05) is 12.1 Å². The summed E-state index contributed by atoms with van der Waals surface area (Å²) in [5, 5.41) is 12.0. The molecule has 0 heterocycles. The van der Waals surface area contributed by atoms with Gasteiger partial charge in [-0.2, -0.15) is 11.8 Å². The molecule has 3 atom stereocenters. The lowest BCUT2D eigenvalue weighted by atomic mass is 10.1. The smallest absolute Gasteiger partial charge is 0.223 e. The van der Waals surface area contributed by atoms with Crippen molar-refractivity contribution in [3.8, 4) is 0 Å². The van der Waals surface area contributed by atoms with Gasteiger partial charge in [0.1, 0.15) is 5.82 Å². The molecule has 0 aliphatic heterocycles. The van der Waals surface area contributed by atoms with Gasteiger partial charge in [-0.15, -0.1) is 0 Å². The Hall–Kier alpha value is -1.07. The van der Waals surface area contributed by atoms with Gasteiger partial charge in [-0.25, -0.2) is 4.39 Å². The molecule has 2 rings (SSSR count). The summed E-state index contributed by atoms with van der Waals surface area (Å²) >= 11 is 1.65. The highest BCUT2D eigenvalue weighted by Gasteiger charge is 2.44. The third-order valence-electron chi connectivity index (χ3n) is 3.60. The zero-order valence-corrected chi connectivity index (χ0v) is 12.3. The number of hydrogen-bond donors (Lipinski definition) is 2. The molecule has 110 valence electrons. The zero-order chi connectivity index (χ0) is 14.5. The minimum atomic E-state index is -0.255. The number of rotatable bonds is 7. The summed E-state index contributed by atoms with van der Waals surface area (Å²) in [4.78, 5) is 12.1. The lowest BCUT2D eigenvalue weighted by Gasteiger charge is -2.16. The number of halogens is 1. The van der Waals surface area contributed by atoms with Crippen LogP contribution in [-0.2, 0) is 4.79 Å². The van der Waals surface area contributed by atoms with E-state index >= 15 is 0 Å². The fraction of sp³-hybridized carbons (Fsp3) is 0.533. The van der Waals surface area contributed by atoms with Crippen molar-refractivity contribution in [1.29, 1.82) is 0 Å². The predicted molar refractivity (Wildman–Crippen MR) is 79.3 cm³/mol. The fourth-order valence-electron chi connectivity index (χ4n) is 2.45. The number of carbonyl (C=O) groups is 1. The first-order valence-corrected chi connectivity index (χ1v) is 8.20. The van der Waals surface area contributed by atoms with E-state index < -0.39 is 0 Å². The lowest BCUT2D eigenvalue weighted by molar-refractivity contribution is -0.123. The van der Waals surface area contributed by atoms with Crippen LogP contribution in [0.3, 0.4) is 0 Å². The lowest BCUT2D eigenvalue weighted by Crippen LogP contribution is -2.38. The van der Waals surface area contributed by atoms with Crippen LogP contribution >= 0.6 is 11.8 Å². The van der Waals surface area contributed by atoms with Crippen molar-refractivity contribution in [2.45, 2.75) is 24.8 Å². The maximum Gasteiger partial charge on any atom is 0.223 e.